The van der Waals surface area contributed by atoms with Crippen molar-refractivity contribution < 1.29 is 0 Å². The molecule has 2 heterocycles. The van der Waals surface area contributed by atoms with Gasteiger partial charge in [0.1, 0.15) is 0 Å². The van der Waals surface area contributed by atoms with E-state index in [0.29, 0.717) is 5.25 Å². The van der Waals surface area contributed by atoms with Crippen molar-refractivity contribution >= 4 is 17.6 Å². The standard InChI is InChI=1S/C13H13N3S/c1-2-5-11(6-3-1)13-10-15-16(17-13)12-7-4-8-14-9-12/h1-9,13,15H,10H2. The fourth-order valence-electron chi connectivity index (χ4n) is 1.84. The Balaban J connectivity index is 1.75. The molecule has 0 aliphatic carbocycles. The first kappa shape index (κ1) is 10.6. The van der Waals surface area contributed by atoms with E-state index in [9.17, 15) is 0 Å². The molecule has 3 nitrogen and oxygen atoms in total. The molecule has 1 fully saturated rings. The summed E-state index contributed by atoms with van der Waals surface area (Å²) in [5, 5.41) is 0.469. The fraction of sp³-hybridized carbons (Fsp3) is 0.154. The number of pyridine rings is 1. The van der Waals surface area contributed by atoms with Crippen LogP contribution < -0.4 is 9.84 Å². The van der Waals surface area contributed by atoms with Crippen LogP contribution in [0.2, 0.25) is 0 Å². The van der Waals surface area contributed by atoms with Crippen LogP contribution in [0, 0.1) is 0 Å². The smallest absolute Gasteiger partial charge is 0.0830 e. The molecule has 0 spiro atoms. The van der Waals surface area contributed by atoms with Gasteiger partial charge >= 0.3 is 0 Å². The highest BCUT2D eigenvalue weighted by Crippen LogP contribution is 2.37. The van der Waals surface area contributed by atoms with Crippen molar-refractivity contribution in [3.8, 4) is 0 Å². The number of benzene rings is 1. The third kappa shape index (κ3) is 2.28. The lowest BCUT2D eigenvalue weighted by molar-refractivity contribution is 0.770. The van der Waals surface area contributed by atoms with Crippen molar-refractivity contribution in [1.82, 2.24) is 10.4 Å². The number of hydrazine groups is 1. The monoisotopic (exact) mass is 243 g/mol. The maximum absolute atomic E-state index is 4.13. The van der Waals surface area contributed by atoms with Gasteiger partial charge in [-0.2, -0.15) is 0 Å². The van der Waals surface area contributed by atoms with Crippen molar-refractivity contribution in [2.24, 2.45) is 0 Å². The predicted octanol–water partition coefficient (Wildman–Crippen LogP) is 2.80. The van der Waals surface area contributed by atoms with Crippen LogP contribution in [0.3, 0.4) is 0 Å². The summed E-state index contributed by atoms with van der Waals surface area (Å²) in [5.74, 6) is 0. The van der Waals surface area contributed by atoms with Gasteiger partial charge in [0.05, 0.1) is 17.1 Å². The Kier molecular flexibility index (Phi) is 2.98. The lowest BCUT2D eigenvalue weighted by Gasteiger charge is -2.15. The largest absolute Gasteiger partial charge is 0.262 e. The average Bonchev–Trinajstić information content (AvgIpc) is 2.90. The first-order valence-corrected chi connectivity index (χ1v) is 6.42. The topological polar surface area (TPSA) is 28.2 Å². The number of hydrogen-bond acceptors (Lipinski definition) is 4. The van der Waals surface area contributed by atoms with Crippen LogP contribution in [0.25, 0.3) is 0 Å². The zero-order valence-electron chi connectivity index (χ0n) is 9.28. The minimum atomic E-state index is 0.469. The fourth-order valence-corrected chi connectivity index (χ4v) is 2.90. The second-order valence-electron chi connectivity index (χ2n) is 3.87. The minimum absolute atomic E-state index is 0.469. The van der Waals surface area contributed by atoms with E-state index in [2.05, 4.69) is 51.2 Å². The van der Waals surface area contributed by atoms with Gasteiger partial charge in [-0.3, -0.25) is 4.98 Å². The molecular formula is C13H13N3S. The van der Waals surface area contributed by atoms with Crippen LogP contribution in [-0.2, 0) is 0 Å². The Morgan fingerprint density at radius 1 is 1.18 bits per heavy atom. The molecular weight excluding hydrogens is 230 g/mol. The maximum Gasteiger partial charge on any atom is 0.0830 e. The molecule has 0 saturated carbocycles. The summed E-state index contributed by atoms with van der Waals surface area (Å²) in [6.07, 6.45) is 3.66. The third-order valence-corrected chi connectivity index (χ3v) is 3.95. The predicted molar refractivity (Wildman–Crippen MR) is 71.5 cm³/mol. The normalized spacial score (nSPS) is 19.5. The Labute approximate surface area is 105 Å². The summed E-state index contributed by atoms with van der Waals surface area (Å²) < 4.78 is 2.09. The van der Waals surface area contributed by atoms with Crippen LogP contribution in [0.4, 0.5) is 5.69 Å². The van der Waals surface area contributed by atoms with Crippen LogP contribution in [0.5, 0.6) is 0 Å². The van der Waals surface area contributed by atoms with Crippen molar-refractivity contribution in [1.29, 1.82) is 0 Å². The molecule has 0 amide bonds. The van der Waals surface area contributed by atoms with Gasteiger partial charge in [-0.25, -0.2) is 9.84 Å². The van der Waals surface area contributed by atoms with E-state index in [4.69, 9.17) is 0 Å². The Bertz CT molecular complexity index is 429. The maximum atomic E-state index is 4.13. The quantitative estimate of drug-likeness (QED) is 0.821. The summed E-state index contributed by atoms with van der Waals surface area (Å²) in [5.41, 5.74) is 5.83. The lowest BCUT2D eigenvalue weighted by atomic mass is 10.1. The highest BCUT2D eigenvalue weighted by atomic mass is 32.2. The van der Waals surface area contributed by atoms with Gasteiger partial charge in [0.25, 0.3) is 0 Å². The molecule has 1 unspecified atom stereocenters. The van der Waals surface area contributed by atoms with Crippen LogP contribution in [0.15, 0.2) is 54.9 Å². The van der Waals surface area contributed by atoms with E-state index < -0.39 is 0 Å². The number of nitrogens with zero attached hydrogens (tertiary/aromatic N) is 2. The van der Waals surface area contributed by atoms with E-state index in [1.807, 2.05) is 12.3 Å². The van der Waals surface area contributed by atoms with Gasteiger partial charge in [-0.1, -0.05) is 30.3 Å². The molecule has 0 bridgehead atoms. The molecule has 2 aromatic rings. The van der Waals surface area contributed by atoms with Gasteiger partial charge < -0.3 is 0 Å². The Morgan fingerprint density at radius 3 is 2.82 bits per heavy atom. The van der Waals surface area contributed by atoms with Crippen molar-refractivity contribution in [2.75, 3.05) is 11.0 Å². The summed E-state index contributed by atoms with van der Waals surface area (Å²) in [4.78, 5) is 4.13. The molecule has 1 atom stereocenters. The molecule has 1 aromatic heterocycles. The first-order chi connectivity index (χ1) is 8.43. The molecule has 1 N–H and O–H groups in total. The van der Waals surface area contributed by atoms with E-state index in [0.717, 1.165) is 12.2 Å². The number of nitrogens with one attached hydrogen (secondary N) is 1. The number of aromatic nitrogens is 1. The molecule has 0 radical (unpaired) electrons. The van der Waals surface area contributed by atoms with Gasteiger partial charge in [0.15, 0.2) is 0 Å². The van der Waals surface area contributed by atoms with Crippen molar-refractivity contribution in [3.05, 3.63) is 60.4 Å². The van der Waals surface area contributed by atoms with Crippen LogP contribution in [-0.4, -0.2) is 11.5 Å². The average molecular weight is 243 g/mol. The van der Waals surface area contributed by atoms with Crippen molar-refractivity contribution in [2.45, 2.75) is 5.25 Å². The van der Waals surface area contributed by atoms with E-state index >= 15 is 0 Å². The molecule has 3 rings (SSSR count). The second kappa shape index (κ2) is 4.77. The van der Waals surface area contributed by atoms with Gasteiger partial charge in [0.2, 0.25) is 0 Å². The minimum Gasteiger partial charge on any atom is -0.262 e. The SMILES string of the molecule is c1ccc(C2CNN(c3cccnc3)S2)cc1. The lowest BCUT2D eigenvalue weighted by Crippen LogP contribution is -2.25. The summed E-state index contributed by atoms with van der Waals surface area (Å²) >= 11 is 1.80. The Hall–Kier alpha value is -1.52. The molecule has 1 aromatic carbocycles. The summed E-state index contributed by atoms with van der Waals surface area (Å²) in [6.45, 7) is 0.948. The van der Waals surface area contributed by atoms with Gasteiger partial charge in [-0.05, 0) is 29.6 Å². The summed E-state index contributed by atoms with van der Waals surface area (Å²) in [7, 11) is 0. The zero-order chi connectivity index (χ0) is 11.5. The van der Waals surface area contributed by atoms with E-state index in [1.165, 1.54) is 5.56 Å². The first-order valence-electron chi connectivity index (χ1n) is 5.59. The van der Waals surface area contributed by atoms with E-state index in [-0.39, 0.29) is 0 Å². The van der Waals surface area contributed by atoms with E-state index in [1.54, 1.807) is 18.1 Å². The third-order valence-electron chi connectivity index (χ3n) is 2.70. The molecule has 1 saturated heterocycles. The van der Waals surface area contributed by atoms with Crippen LogP contribution >= 0.6 is 11.9 Å². The van der Waals surface area contributed by atoms with Gasteiger partial charge in [-0.15, -0.1) is 0 Å². The van der Waals surface area contributed by atoms with Gasteiger partial charge in [0, 0.05) is 12.7 Å². The Morgan fingerprint density at radius 2 is 2.06 bits per heavy atom. The molecule has 1 aliphatic heterocycles. The second-order valence-corrected chi connectivity index (χ2v) is 5.02. The molecule has 4 heteroatoms. The highest BCUT2D eigenvalue weighted by Gasteiger charge is 2.24. The number of rotatable bonds is 2. The molecule has 17 heavy (non-hydrogen) atoms. The summed E-state index contributed by atoms with van der Waals surface area (Å²) in [6, 6.07) is 14.6. The zero-order valence-corrected chi connectivity index (χ0v) is 10.1. The molecule has 1 aliphatic rings. The number of anilines is 1. The van der Waals surface area contributed by atoms with Crippen LogP contribution in [0.1, 0.15) is 10.8 Å². The number of hydrogen-bond donors (Lipinski definition) is 1. The highest BCUT2D eigenvalue weighted by molar-refractivity contribution is 8.01. The molecule has 86 valence electrons. The van der Waals surface area contributed by atoms with Crippen molar-refractivity contribution in [3.63, 3.8) is 0 Å².